The summed E-state index contributed by atoms with van der Waals surface area (Å²) in [6.45, 7) is 4.23. The molecule has 17 N–H and O–H groups in total. The van der Waals surface area contributed by atoms with E-state index in [1.807, 2.05) is 31.1 Å². The number of aliphatic carboxylic acids is 3. The predicted molar refractivity (Wildman–Crippen MR) is 373 cm³/mol. The third-order valence-electron chi connectivity index (χ3n) is 16.4. The van der Waals surface area contributed by atoms with Gasteiger partial charge in [-0.15, -0.1) is 0 Å². The van der Waals surface area contributed by atoms with Gasteiger partial charge < -0.3 is 89.1 Å². The van der Waals surface area contributed by atoms with Crippen molar-refractivity contribution in [2.24, 2.45) is 27.6 Å². The number of primary amides is 1. The molecule has 1 heterocycles. The number of aliphatic hydroxyl groups excluding tert-OH is 1. The molecule has 9 atom stereocenters. The number of likely N-dealkylation sites (tertiary alicyclic amines) is 1. The summed E-state index contributed by atoms with van der Waals surface area (Å²) < 4.78 is 34.4. The Hall–Kier alpha value is -11.1. The number of nitrogens with zero attached hydrogens (tertiary/aromatic N) is 5. The van der Waals surface area contributed by atoms with E-state index in [-0.39, 0.29) is 79.7 Å². The molecule has 1 fully saturated rings. The van der Waals surface area contributed by atoms with Crippen molar-refractivity contribution >= 4 is 127 Å². The fourth-order valence-corrected chi connectivity index (χ4v) is 11.7. The first kappa shape index (κ1) is 83.6. The van der Waals surface area contributed by atoms with Crippen LogP contribution in [0, 0.1) is 5.92 Å². The number of hydrogen-bond donors (Lipinski definition) is 15. The first-order valence-corrected chi connectivity index (χ1v) is 34.6. The number of nitrogens with one attached hydrogen (secondary N) is 8. The summed E-state index contributed by atoms with van der Waals surface area (Å²) in [4.78, 5) is 190. The van der Waals surface area contributed by atoms with Crippen LogP contribution in [0.15, 0.2) is 100 Å². The van der Waals surface area contributed by atoms with E-state index < -0.39 is 197 Å². The number of aliphatic hydroxyl groups is 1. The molecule has 5 rings (SSSR count). The molecule has 564 valence electrons. The van der Waals surface area contributed by atoms with Gasteiger partial charge in [0, 0.05) is 81.4 Å². The van der Waals surface area contributed by atoms with E-state index in [4.69, 9.17) is 11.5 Å². The van der Waals surface area contributed by atoms with Crippen LogP contribution in [-0.4, -0.2) is 216 Å². The minimum absolute atomic E-state index is 0.00289. The van der Waals surface area contributed by atoms with E-state index >= 15 is 0 Å². The molecule has 4 aromatic carbocycles. The second-order valence-electron chi connectivity index (χ2n) is 25.2. The first-order chi connectivity index (χ1) is 49.0. The Kier molecular flexibility index (Phi) is 31.7. The van der Waals surface area contributed by atoms with Gasteiger partial charge in [-0.05, 0) is 125 Å². The Labute approximate surface area is 598 Å². The fraction of sp³-hybridized carbons (Fsp3) is 0.463. The lowest BCUT2D eigenvalue weighted by Gasteiger charge is -2.31. The Bertz CT molecular complexity index is 3950. The summed E-state index contributed by atoms with van der Waals surface area (Å²) in [5, 5.41) is 67.2. The molecule has 0 aliphatic carbocycles. The van der Waals surface area contributed by atoms with E-state index in [0.29, 0.717) is 11.4 Å². The van der Waals surface area contributed by atoms with Crippen molar-refractivity contribution in [2.45, 2.75) is 158 Å². The number of azo groups is 1. The monoisotopic (exact) mass is 1470 g/mol. The molecule has 1 aliphatic rings. The van der Waals surface area contributed by atoms with E-state index in [2.05, 4.69) is 52.8 Å². The highest BCUT2D eigenvalue weighted by Crippen LogP contribution is 2.32. The lowest BCUT2D eigenvalue weighted by Crippen LogP contribution is -2.60. The largest absolute Gasteiger partial charge is 0.481 e. The Morgan fingerprint density at radius 3 is 1.67 bits per heavy atom. The fourth-order valence-electron chi connectivity index (χ4n) is 11.0. The number of carboxylic acid groups (broad SMARTS) is 3. The Balaban J connectivity index is 1.24. The van der Waals surface area contributed by atoms with Crippen LogP contribution in [0.2, 0.25) is 0 Å². The number of amides is 11. The molecule has 0 bridgehead atoms. The minimum Gasteiger partial charge on any atom is -0.481 e. The average molecular weight is 1470 g/mol. The number of anilines is 2. The molecule has 104 heavy (non-hydrogen) atoms. The van der Waals surface area contributed by atoms with Crippen LogP contribution in [0.25, 0.3) is 10.8 Å². The van der Waals surface area contributed by atoms with Crippen molar-refractivity contribution in [1.29, 1.82) is 0 Å². The van der Waals surface area contributed by atoms with Crippen molar-refractivity contribution in [3.8, 4) is 0 Å². The second-order valence-corrected chi connectivity index (χ2v) is 26.6. The van der Waals surface area contributed by atoms with Gasteiger partial charge in [0.1, 0.15) is 53.2 Å². The molecule has 1 aliphatic heterocycles. The van der Waals surface area contributed by atoms with Crippen LogP contribution < -0.4 is 63.8 Å². The molecule has 1 saturated heterocycles. The SMILES string of the molecule is CC(C)C[C@H](NC(=O)[C@H](C)NC(=O)[C@H](CCC(N)=O)NC(=O)c1ccc(N=Nc2ccc(N(C)C)cc2)cc1)C(=O)N1CCC[C@H]1C(=O)N[C@@H](CCC(=O)O)C(=O)N[C@H](C(=O)NCC(=O)N[C@@H](CCC(=O)O)C(=O)N[C@@H](CCC(=O)O)C(=O)N(CCN)c1cccc2c(S(=O)(=O)O)cccc12)[C@@H](C)O. The van der Waals surface area contributed by atoms with Gasteiger partial charge >= 0.3 is 17.9 Å². The summed E-state index contributed by atoms with van der Waals surface area (Å²) in [5.41, 5.74) is 13.4. The zero-order valence-corrected chi connectivity index (χ0v) is 58.8. The molecular weight excluding hydrogens is 1380 g/mol. The molecular formula is C67H89N15O21S. The first-order valence-electron chi connectivity index (χ1n) is 33.1. The van der Waals surface area contributed by atoms with Crippen LogP contribution in [0.1, 0.15) is 109 Å². The number of nitrogens with two attached hydrogens (primary N) is 2. The number of carboxylic acids is 3. The highest BCUT2D eigenvalue weighted by atomic mass is 32.2. The van der Waals surface area contributed by atoms with Crippen molar-refractivity contribution in [3.05, 3.63) is 90.5 Å². The molecule has 36 nitrogen and oxygen atoms in total. The van der Waals surface area contributed by atoms with Crippen LogP contribution in [0.3, 0.4) is 0 Å². The number of benzene rings is 4. The normalized spacial score (nSPS) is 15.1. The number of carbonyl (C=O) groups is 14. The molecule has 11 amide bonds. The Morgan fingerprint density at radius 2 is 1.12 bits per heavy atom. The van der Waals surface area contributed by atoms with Gasteiger partial charge in [-0.2, -0.15) is 18.6 Å². The third-order valence-corrected chi connectivity index (χ3v) is 17.3. The molecule has 0 radical (unpaired) electrons. The van der Waals surface area contributed by atoms with Crippen LogP contribution in [0.5, 0.6) is 0 Å². The lowest BCUT2D eigenvalue weighted by molar-refractivity contribution is -0.143. The van der Waals surface area contributed by atoms with Gasteiger partial charge in [0.25, 0.3) is 16.0 Å². The van der Waals surface area contributed by atoms with Crippen molar-refractivity contribution in [1.82, 2.24) is 47.4 Å². The quantitative estimate of drug-likeness (QED) is 0.0206. The van der Waals surface area contributed by atoms with Gasteiger partial charge in [0.05, 0.1) is 29.7 Å². The van der Waals surface area contributed by atoms with Gasteiger partial charge in [-0.25, -0.2) is 0 Å². The minimum atomic E-state index is -4.79. The number of hydrogen-bond acceptors (Lipinski definition) is 21. The van der Waals surface area contributed by atoms with E-state index in [1.165, 1.54) is 61.5 Å². The van der Waals surface area contributed by atoms with Gasteiger partial charge in [0.15, 0.2) is 0 Å². The number of rotatable bonds is 40. The van der Waals surface area contributed by atoms with Crippen LogP contribution >= 0.6 is 0 Å². The third kappa shape index (κ3) is 25.5. The van der Waals surface area contributed by atoms with Gasteiger partial charge in [-0.1, -0.05) is 38.1 Å². The standard InChI is InChI=1S/C67H89N15O21S/c1-36(2)34-49(76-59(92)37(3)71-61(94)46(23-27-53(69)84)73-60(93)39-15-17-40(18-16-39)78-79-41-19-21-42(22-20-41)80(5)6)67(100)81-32-9-13-51(81)64(97)74-47(25-29-56(88)89)63(96)77-58(38(4)83)65(98)70-35-54(85)72-45(24-28-55(86)87)62(95)75-48(26-30-57(90)91)66(99)82(33-31-68)50-12-7-11-44-43(50)10-8-14-52(44)104(101,102)103/h7-8,10-12,14-22,36-38,45-49,51,58,83H,9,13,23-35,68H2,1-6H3,(H2,69,84)(H,70,98)(H,71,94)(H,72,85)(H,73,93)(H,74,97)(H,75,95)(H,76,92)(H,77,96)(H,86,87)(H,88,89)(H,90,91)(H,101,102,103)/t37-,38+,45-,46-,47-,48-,49-,51-,58-/m0/s1. The second kappa shape index (κ2) is 39.4. The van der Waals surface area contributed by atoms with Crippen LogP contribution in [0.4, 0.5) is 22.7 Å². The van der Waals surface area contributed by atoms with Gasteiger partial charge in [-0.3, -0.25) is 71.7 Å². The maximum Gasteiger partial charge on any atom is 0.303 e. The lowest BCUT2D eigenvalue weighted by atomic mass is 10.0. The maximum absolute atomic E-state index is 14.5. The number of carbonyl (C=O) groups excluding carboxylic acids is 11. The summed E-state index contributed by atoms with van der Waals surface area (Å²) in [5.74, 6) is -15.4. The van der Waals surface area contributed by atoms with Crippen LogP contribution in [-0.2, 0) is 72.4 Å². The molecule has 4 aromatic rings. The summed E-state index contributed by atoms with van der Waals surface area (Å²) >= 11 is 0. The van der Waals surface area contributed by atoms with E-state index in [9.17, 15) is 101 Å². The summed E-state index contributed by atoms with van der Waals surface area (Å²) in [6, 6.07) is 8.46. The molecule has 0 aromatic heterocycles. The Morgan fingerprint density at radius 1 is 0.606 bits per heavy atom. The highest BCUT2D eigenvalue weighted by molar-refractivity contribution is 7.86. The molecule has 0 unspecified atom stereocenters. The van der Waals surface area contributed by atoms with Crippen molar-refractivity contribution in [2.75, 3.05) is 50.1 Å². The molecule has 37 heteroatoms. The van der Waals surface area contributed by atoms with Crippen molar-refractivity contribution < 1.29 is 101 Å². The molecule has 0 spiro atoms. The smallest absolute Gasteiger partial charge is 0.303 e. The highest BCUT2D eigenvalue weighted by Gasteiger charge is 2.41. The van der Waals surface area contributed by atoms with E-state index in [0.717, 1.165) is 28.5 Å². The maximum atomic E-state index is 14.5. The zero-order valence-electron chi connectivity index (χ0n) is 58.0. The topological polar surface area (TPSA) is 557 Å². The van der Waals surface area contributed by atoms with Gasteiger partial charge in [0.2, 0.25) is 59.1 Å². The summed E-state index contributed by atoms with van der Waals surface area (Å²) in [6.07, 6.45) is -6.24. The number of fused-ring (bicyclic) bond motifs is 1. The van der Waals surface area contributed by atoms with Crippen molar-refractivity contribution in [3.63, 3.8) is 0 Å². The zero-order chi connectivity index (χ0) is 77.3. The molecule has 0 saturated carbocycles. The average Bonchev–Trinajstić information content (AvgIpc) is 0.879. The van der Waals surface area contributed by atoms with E-state index in [1.54, 1.807) is 26.0 Å². The predicted octanol–water partition coefficient (Wildman–Crippen LogP) is -0.0191. The summed E-state index contributed by atoms with van der Waals surface area (Å²) in [7, 11) is -0.998.